The molecule has 46 heavy (non-hydrogen) atoms. The van der Waals surface area contributed by atoms with Gasteiger partial charge in [0, 0.05) is 56.4 Å². The second-order valence-electron chi connectivity index (χ2n) is 15.6. The molecule has 3 aliphatic heterocycles. The Morgan fingerprint density at radius 2 is 1.72 bits per heavy atom. The molecule has 1 spiro atoms. The maximum atomic E-state index is 13.9. The molecule has 2 aromatic rings. The van der Waals surface area contributed by atoms with Gasteiger partial charge in [0.05, 0.1) is 18.2 Å². The van der Waals surface area contributed by atoms with Crippen molar-refractivity contribution in [2.24, 2.45) is 5.41 Å². The molecule has 1 N–H and O–H groups in total. The Hall–Kier alpha value is -3.43. The Morgan fingerprint density at radius 3 is 2.37 bits per heavy atom. The lowest BCUT2D eigenvalue weighted by Gasteiger charge is -2.51. The summed E-state index contributed by atoms with van der Waals surface area (Å²) in [6.07, 6.45) is 3.53. The molecule has 9 nitrogen and oxygen atoms in total. The standard InChI is InChI=1S/C37H49N3O6/c1-35(2,3)46-34(44)40-21-26-10-8-7-9-24(26)18-30(40)31(41)22-39-23-36(4,5)29-17-25(11-12-28(29)33(39)43)32(42)38-15-13-37(14-16-38)19-27(20-37)45-6/h7-12,17,27,30-31,41H,13-16,18-23H2,1-6H3/t30-,31+/m0/s1. The number of nitrogens with zero attached hydrogens (tertiary/aromatic N) is 3. The van der Waals surface area contributed by atoms with Crippen LogP contribution in [0.25, 0.3) is 0 Å². The molecular weight excluding hydrogens is 582 g/mol. The first-order chi connectivity index (χ1) is 21.7. The molecule has 0 bridgehead atoms. The van der Waals surface area contributed by atoms with E-state index in [1.807, 2.05) is 56.0 Å². The van der Waals surface area contributed by atoms with Crippen LogP contribution in [-0.2, 0) is 27.9 Å². The first kappa shape index (κ1) is 32.5. The summed E-state index contributed by atoms with van der Waals surface area (Å²) in [5.41, 5.74) is 3.31. The predicted molar refractivity (Wildman–Crippen MR) is 175 cm³/mol. The van der Waals surface area contributed by atoms with Crippen LogP contribution in [0.5, 0.6) is 0 Å². The van der Waals surface area contributed by atoms with Crippen molar-refractivity contribution in [3.8, 4) is 0 Å². The van der Waals surface area contributed by atoms with Crippen LogP contribution in [0.1, 0.15) is 97.7 Å². The fraction of sp³-hybridized carbons (Fsp3) is 0.595. The molecule has 4 aliphatic rings. The summed E-state index contributed by atoms with van der Waals surface area (Å²) < 4.78 is 11.2. The van der Waals surface area contributed by atoms with E-state index in [1.54, 1.807) is 29.0 Å². The fourth-order valence-electron chi connectivity index (χ4n) is 7.98. The molecule has 6 rings (SSSR count). The van der Waals surface area contributed by atoms with E-state index in [4.69, 9.17) is 9.47 Å². The maximum Gasteiger partial charge on any atom is 0.410 e. The van der Waals surface area contributed by atoms with Crippen molar-refractivity contribution in [1.29, 1.82) is 0 Å². The Labute approximate surface area is 272 Å². The SMILES string of the molecule is COC1CC2(CCN(C(=O)c3ccc4c(c3)C(C)(C)CN(C[C@@H](O)[C@@H]3Cc5ccccc5CN3C(=O)OC(C)(C)C)C4=O)CC2)C1. The highest BCUT2D eigenvalue weighted by Gasteiger charge is 2.47. The van der Waals surface area contributed by atoms with Crippen molar-refractivity contribution in [3.63, 3.8) is 0 Å². The lowest BCUT2D eigenvalue weighted by molar-refractivity contribution is -0.0841. The average Bonchev–Trinajstić information content (AvgIpc) is 3.00. The number of aliphatic hydroxyl groups excluding tert-OH is 1. The highest BCUT2D eigenvalue weighted by atomic mass is 16.6. The van der Waals surface area contributed by atoms with Crippen LogP contribution in [0.4, 0.5) is 4.79 Å². The molecule has 9 heteroatoms. The fourth-order valence-corrected chi connectivity index (χ4v) is 7.98. The predicted octanol–water partition coefficient (Wildman–Crippen LogP) is 5.17. The van der Waals surface area contributed by atoms with E-state index < -0.39 is 29.3 Å². The summed E-state index contributed by atoms with van der Waals surface area (Å²) in [7, 11) is 1.77. The Morgan fingerprint density at radius 1 is 1.04 bits per heavy atom. The third-order valence-corrected chi connectivity index (χ3v) is 10.6. The zero-order valence-corrected chi connectivity index (χ0v) is 28.2. The van der Waals surface area contributed by atoms with Gasteiger partial charge in [0.15, 0.2) is 0 Å². The number of rotatable bonds is 5. The van der Waals surface area contributed by atoms with Crippen molar-refractivity contribution < 1.29 is 29.0 Å². The Kier molecular flexibility index (Phi) is 8.47. The molecule has 1 saturated heterocycles. The number of hydrogen-bond donors (Lipinski definition) is 1. The number of amides is 3. The third kappa shape index (κ3) is 6.28. The lowest BCUT2D eigenvalue weighted by atomic mass is 9.61. The number of methoxy groups -OCH3 is 1. The lowest BCUT2D eigenvalue weighted by Crippen LogP contribution is -2.57. The van der Waals surface area contributed by atoms with Crippen LogP contribution in [0.15, 0.2) is 42.5 Å². The number of fused-ring (bicyclic) bond motifs is 2. The van der Waals surface area contributed by atoms with Crippen molar-refractivity contribution in [3.05, 3.63) is 70.3 Å². The van der Waals surface area contributed by atoms with E-state index >= 15 is 0 Å². The zero-order chi connectivity index (χ0) is 33.0. The minimum absolute atomic E-state index is 0.0150. The number of benzene rings is 2. The minimum Gasteiger partial charge on any atom is -0.444 e. The van der Waals surface area contributed by atoms with Gasteiger partial charge in [0.1, 0.15) is 5.60 Å². The van der Waals surface area contributed by atoms with Gasteiger partial charge in [-0.05, 0) is 93.2 Å². The summed E-state index contributed by atoms with van der Waals surface area (Å²) in [6.45, 7) is 11.9. The molecule has 248 valence electrons. The molecule has 0 radical (unpaired) electrons. The van der Waals surface area contributed by atoms with Gasteiger partial charge in [-0.25, -0.2) is 4.79 Å². The highest BCUT2D eigenvalue weighted by Crippen LogP contribution is 2.50. The summed E-state index contributed by atoms with van der Waals surface area (Å²) in [5.74, 6) is -0.161. The number of carbonyl (C=O) groups excluding carboxylic acids is 3. The van der Waals surface area contributed by atoms with Gasteiger partial charge in [-0.3, -0.25) is 14.5 Å². The Bertz CT molecular complexity index is 1500. The monoisotopic (exact) mass is 631 g/mol. The number of aliphatic hydroxyl groups is 1. The summed E-state index contributed by atoms with van der Waals surface area (Å²) in [5, 5.41) is 11.7. The summed E-state index contributed by atoms with van der Waals surface area (Å²) >= 11 is 0. The van der Waals surface area contributed by atoms with E-state index in [9.17, 15) is 19.5 Å². The van der Waals surface area contributed by atoms with E-state index in [0.29, 0.717) is 42.2 Å². The minimum atomic E-state index is -0.986. The second kappa shape index (κ2) is 12.0. The maximum absolute atomic E-state index is 13.9. The van der Waals surface area contributed by atoms with Crippen LogP contribution >= 0.6 is 0 Å². The number of β-amino-alcohol motifs (C(OH)–C–C–N with tert-alkyl or cyclic N) is 1. The molecule has 0 unspecified atom stereocenters. The van der Waals surface area contributed by atoms with Gasteiger partial charge >= 0.3 is 6.09 Å². The van der Waals surface area contributed by atoms with Gasteiger partial charge in [0.25, 0.3) is 11.8 Å². The quantitative estimate of drug-likeness (QED) is 0.489. The average molecular weight is 632 g/mol. The van der Waals surface area contributed by atoms with Gasteiger partial charge in [0.2, 0.25) is 0 Å². The Balaban J connectivity index is 1.17. The van der Waals surface area contributed by atoms with E-state index in [1.165, 1.54) is 0 Å². The van der Waals surface area contributed by atoms with E-state index in [-0.39, 0.29) is 18.4 Å². The van der Waals surface area contributed by atoms with Crippen LogP contribution in [-0.4, -0.2) is 94.9 Å². The van der Waals surface area contributed by atoms with Gasteiger partial charge in [-0.1, -0.05) is 38.1 Å². The number of hydrogen-bond acceptors (Lipinski definition) is 6. The van der Waals surface area contributed by atoms with Crippen LogP contribution < -0.4 is 0 Å². The van der Waals surface area contributed by atoms with Crippen LogP contribution in [0.2, 0.25) is 0 Å². The molecule has 1 aliphatic carbocycles. The molecule has 3 amide bonds. The largest absolute Gasteiger partial charge is 0.444 e. The number of piperidine rings is 1. The molecule has 3 heterocycles. The first-order valence-electron chi connectivity index (χ1n) is 16.7. The highest BCUT2D eigenvalue weighted by molar-refractivity contribution is 6.00. The van der Waals surface area contributed by atoms with Gasteiger partial charge in [-0.15, -0.1) is 0 Å². The van der Waals surface area contributed by atoms with Crippen molar-refractivity contribution >= 4 is 17.9 Å². The smallest absolute Gasteiger partial charge is 0.410 e. The van der Waals surface area contributed by atoms with E-state index in [0.717, 1.165) is 55.5 Å². The number of carbonyl (C=O) groups is 3. The zero-order valence-electron chi connectivity index (χ0n) is 28.2. The van der Waals surface area contributed by atoms with Crippen molar-refractivity contribution in [2.45, 2.75) is 103 Å². The topological polar surface area (TPSA) is 99.6 Å². The number of ether oxygens (including phenoxy) is 2. The molecule has 2 fully saturated rings. The van der Waals surface area contributed by atoms with Crippen molar-refractivity contribution in [2.75, 3.05) is 33.3 Å². The number of likely N-dealkylation sites (tertiary alicyclic amines) is 1. The molecular formula is C37H49N3O6. The second-order valence-corrected chi connectivity index (χ2v) is 15.6. The summed E-state index contributed by atoms with van der Waals surface area (Å²) in [6, 6.07) is 12.8. The van der Waals surface area contributed by atoms with Crippen molar-refractivity contribution in [1.82, 2.24) is 14.7 Å². The van der Waals surface area contributed by atoms with Crippen LogP contribution in [0, 0.1) is 5.41 Å². The molecule has 2 aromatic carbocycles. The molecule has 2 atom stereocenters. The first-order valence-corrected chi connectivity index (χ1v) is 16.7. The molecule has 0 aromatic heterocycles. The molecule has 1 saturated carbocycles. The van der Waals surface area contributed by atoms with Crippen LogP contribution in [0.3, 0.4) is 0 Å². The third-order valence-electron chi connectivity index (χ3n) is 10.6. The summed E-state index contributed by atoms with van der Waals surface area (Å²) in [4.78, 5) is 46.0. The van der Waals surface area contributed by atoms with Gasteiger partial charge in [-0.2, -0.15) is 0 Å². The van der Waals surface area contributed by atoms with E-state index in [2.05, 4.69) is 13.8 Å². The normalized spacial score (nSPS) is 23.0. The van der Waals surface area contributed by atoms with Gasteiger partial charge < -0.3 is 24.4 Å².